The summed E-state index contributed by atoms with van der Waals surface area (Å²) in [4.78, 5) is -2.00. The van der Waals surface area contributed by atoms with Gasteiger partial charge in [0.15, 0.2) is 25.4 Å². The first-order valence-corrected chi connectivity index (χ1v) is 24.0. The van der Waals surface area contributed by atoms with Crippen molar-refractivity contribution < 1.29 is 82.2 Å². The Morgan fingerprint density at radius 3 is 1.70 bits per heavy atom. The van der Waals surface area contributed by atoms with Crippen LogP contribution in [0, 0.1) is 0 Å². The molecule has 24 nitrogen and oxygen atoms in total. The molecule has 4 rings (SSSR count). The Bertz CT molecular complexity index is 2940. The van der Waals surface area contributed by atoms with Crippen LogP contribution >= 0.6 is 0 Å². The van der Waals surface area contributed by atoms with Gasteiger partial charge in [-0.15, -0.1) is 15.3 Å². The molecule has 0 unspecified atom stereocenters. The van der Waals surface area contributed by atoms with Crippen molar-refractivity contribution in [3.63, 3.8) is 0 Å². The Labute approximate surface area is 324 Å². The number of nitrogens with zero attached hydrogens (tertiary/aromatic N) is 4. The zero-order valence-corrected chi connectivity index (χ0v) is 33.0. The fraction of sp³-hybridized carbons (Fsp3) is 0.185. The molecule has 310 valence electrons. The number of phenols is 1. The summed E-state index contributed by atoms with van der Waals surface area (Å²) in [7, 11) is -28.5. The summed E-state index contributed by atoms with van der Waals surface area (Å²) >= 11 is 0. The van der Waals surface area contributed by atoms with Crippen LogP contribution in [0.5, 0.6) is 5.75 Å². The number of nitrogens with one attached hydrogen (secondary N) is 1. The lowest BCUT2D eigenvalue weighted by molar-refractivity contribution is 0.282. The highest BCUT2D eigenvalue weighted by Crippen LogP contribution is 2.46. The van der Waals surface area contributed by atoms with Crippen molar-refractivity contribution in [3.05, 3.63) is 66.7 Å². The summed E-state index contributed by atoms with van der Waals surface area (Å²) in [6, 6.07) is 11.8. The second-order valence-corrected chi connectivity index (χ2v) is 20.2. The second kappa shape index (κ2) is 17.1. The molecule has 30 heteroatoms. The Hall–Kier alpha value is -4.60. The van der Waals surface area contributed by atoms with Gasteiger partial charge in [-0.1, -0.05) is 12.1 Å². The van der Waals surface area contributed by atoms with Gasteiger partial charge in [-0.25, -0.2) is 25.2 Å². The molecule has 0 fully saturated rings. The normalized spacial score (nSPS) is 13.5. The van der Waals surface area contributed by atoms with Crippen LogP contribution in [0.2, 0.25) is 0 Å². The highest BCUT2D eigenvalue weighted by atomic mass is 32.3. The van der Waals surface area contributed by atoms with Crippen molar-refractivity contribution in [2.75, 3.05) is 35.9 Å². The van der Waals surface area contributed by atoms with E-state index in [1.807, 2.05) is 0 Å². The van der Waals surface area contributed by atoms with Crippen LogP contribution in [0.3, 0.4) is 0 Å². The molecule has 0 aliphatic heterocycles. The highest BCUT2D eigenvalue weighted by Gasteiger charge is 2.26. The first kappa shape index (κ1) is 45.1. The second-order valence-electron chi connectivity index (χ2n) is 11.0. The van der Waals surface area contributed by atoms with Gasteiger partial charge in [-0.3, -0.25) is 18.2 Å². The first-order valence-electron chi connectivity index (χ1n) is 14.9. The number of anilines is 1. The van der Waals surface area contributed by atoms with Crippen LogP contribution in [0.15, 0.2) is 102 Å². The highest BCUT2D eigenvalue weighted by molar-refractivity contribution is 7.92. The molecule has 0 bridgehead atoms. The van der Waals surface area contributed by atoms with Crippen LogP contribution in [0.4, 0.5) is 28.4 Å². The lowest BCUT2D eigenvalue weighted by atomic mass is 10.1. The first-order chi connectivity index (χ1) is 26.2. The Morgan fingerprint density at radius 2 is 1.14 bits per heavy atom. The van der Waals surface area contributed by atoms with E-state index in [1.54, 1.807) is 0 Å². The van der Waals surface area contributed by atoms with Crippen molar-refractivity contribution in [1.82, 2.24) is 0 Å². The molecule has 0 atom stereocenters. The van der Waals surface area contributed by atoms with Crippen molar-refractivity contribution in [3.8, 4) is 5.75 Å². The van der Waals surface area contributed by atoms with E-state index in [2.05, 4.69) is 34.1 Å². The smallest absolute Gasteiger partial charge is 0.397 e. The molecule has 0 saturated carbocycles. The summed E-state index contributed by atoms with van der Waals surface area (Å²) < 4.78 is 187. The maximum Gasteiger partial charge on any atom is 0.397 e. The number of fused-ring (bicyclic) bond motifs is 1. The summed E-state index contributed by atoms with van der Waals surface area (Å²) in [6.07, 6.45) is 0. The van der Waals surface area contributed by atoms with E-state index < -0.39 is 129 Å². The van der Waals surface area contributed by atoms with Gasteiger partial charge in [0.1, 0.15) is 27.8 Å². The maximum atomic E-state index is 13.0. The molecule has 0 aliphatic carbocycles. The maximum absolute atomic E-state index is 13.0. The molecule has 0 aliphatic rings. The molecule has 0 radical (unpaired) electrons. The fourth-order valence-corrected chi connectivity index (χ4v) is 8.69. The predicted octanol–water partition coefficient (Wildman–Crippen LogP) is 3.07. The topological polar surface area (TPSA) is 386 Å². The number of benzene rings is 4. The number of hydrogen-bond donors (Lipinski definition) is 6. The summed E-state index contributed by atoms with van der Waals surface area (Å²) in [5.41, 5.74) is -2.21. The lowest BCUT2D eigenvalue weighted by Gasteiger charge is -2.14. The monoisotopic (exact) mass is 917 g/mol. The molecule has 0 spiro atoms. The third kappa shape index (κ3) is 12.7. The largest absolute Gasteiger partial charge is 0.505 e. The molecule has 6 N–H and O–H groups in total. The van der Waals surface area contributed by atoms with E-state index in [0.29, 0.717) is 6.07 Å². The third-order valence-electron chi connectivity index (χ3n) is 7.02. The van der Waals surface area contributed by atoms with Gasteiger partial charge < -0.3 is 10.4 Å². The molecule has 57 heavy (non-hydrogen) atoms. The minimum absolute atomic E-state index is 0.138. The van der Waals surface area contributed by atoms with Gasteiger partial charge in [0.05, 0.1) is 45.9 Å². The molecule has 0 amide bonds. The molecule has 4 aromatic carbocycles. The average Bonchev–Trinajstić information content (AvgIpc) is 3.07. The lowest BCUT2D eigenvalue weighted by Crippen LogP contribution is -2.15. The van der Waals surface area contributed by atoms with E-state index in [1.165, 1.54) is 12.1 Å². The van der Waals surface area contributed by atoms with E-state index in [0.717, 1.165) is 48.5 Å². The Morgan fingerprint density at radius 1 is 0.579 bits per heavy atom. The van der Waals surface area contributed by atoms with Crippen molar-refractivity contribution in [2.24, 2.45) is 20.5 Å². The quantitative estimate of drug-likeness (QED) is 0.0617. The molecule has 0 heterocycles. The van der Waals surface area contributed by atoms with Gasteiger partial charge in [-0.05, 0) is 54.6 Å². The predicted molar refractivity (Wildman–Crippen MR) is 196 cm³/mol. The Balaban J connectivity index is 1.83. The van der Waals surface area contributed by atoms with Crippen LogP contribution < -0.4 is 5.32 Å². The number of hydrogen-bond acceptors (Lipinski definition) is 20. The van der Waals surface area contributed by atoms with E-state index in [-0.39, 0.29) is 21.7 Å². The summed E-state index contributed by atoms with van der Waals surface area (Å²) in [5.74, 6) is -3.95. The number of azo groups is 2. The number of aromatic hydroxyl groups is 1. The minimum Gasteiger partial charge on any atom is -0.505 e. The molecular weight excluding hydrogens is 891 g/mol. The van der Waals surface area contributed by atoms with E-state index in [4.69, 9.17) is 9.11 Å². The molecule has 0 aromatic heterocycles. The van der Waals surface area contributed by atoms with Crippen LogP contribution in [-0.4, -0.2) is 104 Å². The number of sulfone groups is 2. The SMILES string of the molecule is O=S(=O)(O)CNc1ccc2c(O)c(N=Nc3ccc(S(=O)(=O)CCOS(=O)(=O)O)cc3)c(S(=O)(=O)O)cc2c1N=Nc1ccccc1S(=O)(=O)CCOS(=O)(=O)O. The Kier molecular flexibility index (Phi) is 13.5. The van der Waals surface area contributed by atoms with Crippen molar-refractivity contribution >= 4 is 99.9 Å². The van der Waals surface area contributed by atoms with Gasteiger partial charge in [0.2, 0.25) is 0 Å². The third-order valence-corrected chi connectivity index (χ3v) is 12.7. The van der Waals surface area contributed by atoms with Gasteiger partial charge in [-0.2, -0.15) is 38.8 Å². The van der Waals surface area contributed by atoms with E-state index >= 15 is 0 Å². The summed E-state index contributed by atoms with van der Waals surface area (Å²) in [5, 5.41) is 28.2. The van der Waals surface area contributed by atoms with Gasteiger partial charge in [0, 0.05) is 10.8 Å². The van der Waals surface area contributed by atoms with Crippen LogP contribution in [0.1, 0.15) is 0 Å². The van der Waals surface area contributed by atoms with Crippen molar-refractivity contribution in [1.29, 1.82) is 0 Å². The van der Waals surface area contributed by atoms with Crippen LogP contribution in [-0.2, 0) is 69.1 Å². The molecular formula is C27H27N5O19S6. The fourth-order valence-electron chi connectivity index (χ4n) is 4.58. The molecule has 0 saturated heterocycles. The zero-order chi connectivity index (χ0) is 42.6. The summed E-state index contributed by atoms with van der Waals surface area (Å²) in [6.45, 7) is -1.90. The van der Waals surface area contributed by atoms with Crippen molar-refractivity contribution in [2.45, 2.75) is 14.7 Å². The molecule has 4 aromatic rings. The van der Waals surface area contributed by atoms with Gasteiger partial charge >= 0.3 is 20.8 Å². The standard InChI is InChI=1S/C27H27N5O19S6/c33-27-19-9-10-22(28-16-54(38,39)40)25(31-30-21-3-1-2-4-23(21)53(36,37)14-12-51-57(47,48)49)20(19)15-24(55(41,42)43)26(27)32-29-17-5-7-18(8-6-17)52(34,35)13-11-50-56(44,45)46/h1-10,15,28,33H,11-14,16H2,(H,38,39,40)(H,41,42,43)(H,44,45,46)(H,47,48,49). The average molecular weight is 918 g/mol. The number of phenolic OH excluding ortho intramolecular Hbond substituents is 1. The van der Waals surface area contributed by atoms with E-state index in [9.17, 15) is 64.7 Å². The zero-order valence-electron chi connectivity index (χ0n) is 28.1. The van der Waals surface area contributed by atoms with Gasteiger partial charge in [0.25, 0.3) is 20.2 Å². The number of rotatable bonds is 18. The van der Waals surface area contributed by atoms with Crippen LogP contribution in [0.25, 0.3) is 10.8 Å². The minimum atomic E-state index is -5.32.